The van der Waals surface area contributed by atoms with Gasteiger partial charge in [0.25, 0.3) is 0 Å². The highest BCUT2D eigenvalue weighted by Gasteiger charge is 2.54. The van der Waals surface area contributed by atoms with Crippen molar-refractivity contribution in [1.29, 1.82) is 5.26 Å². The number of Topliss-reactive ketones (excluding diaryl/α,β-unsaturated/α-hetero) is 2. The Hall–Kier alpha value is -4.10. The molecule has 1 aromatic rings. The molecule has 198 valence electrons. The van der Waals surface area contributed by atoms with Gasteiger partial charge >= 0.3 is 0 Å². The fraction of sp³-hybridized carbons (Fsp3) is 0.429. The van der Waals surface area contributed by atoms with Gasteiger partial charge in [0.1, 0.15) is 6.04 Å². The molecule has 10 heteroatoms. The number of rotatable bonds is 4. The Labute approximate surface area is 220 Å². The number of likely N-dealkylation sites (N-methyl/N-ethyl adjacent to an activating group) is 1. The number of nitrogens with one attached hydrogen (secondary N) is 1. The number of fused-ring (bicyclic) bond motifs is 6. The maximum atomic E-state index is 13.6. The van der Waals surface area contributed by atoms with Crippen LogP contribution in [-0.2, 0) is 25.5 Å². The molecule has 0 saturated carbocycles. The molecule has 0 aromatic heterocycles. The highest BCUT2D eigenvalue weighted by molar-refractivity contribution is 6.26. The summed E-state index contributed by atoms with van der Waals surface area (Å²) in [6.45, 7) is 4.79. The molecule has 38 heavy (non-hydrogen) atoms. The number of aromatic hydroxyl groups is 1. The summed E-state index contributed by atoms with van der Waals surface area (Å²) in [5.41, 5.74) is 3.53. The van der Waals surface area contributed by atoms with E-state index >= 15 is 0 Å². The van der Waals surface area contributed by atoms with Gasteiger partial charge in [0.2, 0.25) is 11.7 Å². The lowest BCUT2D eigenvalue weighted by molar-refractivity contribution is -0.120. The summed E-state index contributed by atoms with van der Waals surface area (Å²) >= 11 is 0. The number of aryl methyl sites for hydroxylation is 1. The van der Waals surface area contributed by atoms with Crippen molar-refractivity contribution in [3.63, 3.8) is 0 Å². The normalized spacial score (nSPS) is 26.2. The number of carbonyl (C=O) groups excluding carboxylic acids is 3. The van der Waals surface area contributed by atoms with E-state index in [0.717, 1.165) is 11.1 Å². The van der Waals surface area contributed by atoms with Crippen molar-refractivity contribution in [3.8, 4) is 17.6 Å². The maximum Gasteiger partial charge on any atom is 0.226 e. The SMILES string of the molecule is COC1=C(C)C(=O)C2=C(C1=O)[C@H](CNC(C)=O)N1C(=C2)[C@@H]2c3c(cc(C)c(OC)c3O)C[C@@H]([C@@H]1C#N)N2C. The van der Waals surface area contributed by atoms with Crippen LogP contribution in [0.3, 0.4) is 0 Å². The summed E-state index contributed by atoms with van der Waals surface area (Å²) in [5, 5.41) is 24.6. The van der Waals surface area contributed by atoms with E-state index in [9.17, 15) is 24.8 Å². The number of ketones is 2. The number of ether oxygens (including phenoxy) is 2. The predicted molar refractivity (Wildman–Crippen MR) is 136 cm³/mol. The van der Waals surface area contributed by atoms with Gasteiger partial charge in [-0.3, -0.25) is 19.3 Å². The summed E-state index contributed by atoms with van der Waals surface area (Å²) in [6, 6.07) is 2.11. The van der Waals surface area contributed by atoms with Crippen LogP contribution in [0.5, 0.6) is 11.5 Å². The average Bonchev–Trinajstić information content (AvgIpc) is 2.86. The second kappa shape index (κ2) is 9.03. The van der Waals surface area contributed by atoms with E-state index < -0.39 is 23.9 Å². The molecule has 0 radical (unpaired) electrons. The van der Waals surface area contributed by atoms with Gasteiger partial charge in [0.15, 0.2) is 23.0 Å². The van der Waals surface area contributed by atoms with E-state index in [1.54, 1.807) is 13.0 Å². The van der Waals surface area contributed by atoms with Crippen LogP contribution in [0.15, 0.2) is 40.3 Å². The molecular weight excluding hydrogens is 488 g/mol. The number of benzene rings is 1. The zero-order valence-corrected chi connectivity index (χ0v) is 22.2. The van der Waals surface area contributed by atoms with Gasteiger partial charge in [0.05, 0.1) is 32.4 Å². The number of allylic oxidation sites excluding steroid dienone is 4. The molecule has 4 aliphatic rings. The standard InChI is InChI=1S/C28H30N4O6/c1-12-7-15-8-17-19(10-29)32-18(23(31(17)4)21(15)25(35)27(12)37-5)9-16-22(20(32)11-30-14(3)33)26(36)28(38-6)13(2)24(16)34/h7,9,17,19-20,23,35H,8,11H2,1-6H3,(H,30,33)/t17-,19-,20-,23+/m0/s1. The molecule has 10 nitrogen and oxygen atoms in total. The number of nitriles is 1. The number of hydrogen-bond donors (Lipinski definition) is 2. The van der Waals surface area contributed by atoms with Crippen LogP contribution in [0.4, 0.5) is 0 Å². The smallest absolute Gasteiger partial charge is 0.226 e. The molecule has 0 unspecified atom stereocenters. The number of phenolic OH excluding ortho intramolecular Hbond substituents is 1. The van der Waals surface area contributed by atoms with Crippen LogP contribution in [0.2, 0.25) is 0 Å². The number of amides is 1. The third kappa shape index (κ3) is 3.38. The van der Waals surface area contributed by atoms with Gasteiger partial charge in [-0.2, -0.15) is 5.26 Å². The first-order valence-electron chi connectivity index (χ1n) is 12.4. The van der Waals surface area contributed by atoms with Crippen molar-refractivity contribution < 1.29 is 29.0 Å². The van der Waals surface area contributed by atoms with Crippen LogP contribution in [0, 0.1) is 18.3 Å². The lowest BCUT2D eigenvalue weighted by atomic mass is 9.73. The first-order chi connectivity index (χ1) is 18.1. The van der Waals surface area contributed by atoms with E-state index in [-0.39, 0.29) is 52.5 Å². The number of methoxy groups -OCH3 is 2. The highest BCUT2D eigenvalue weighted by atomic mass is 16.5. The molecule has 0 spiro atoms. The van der Waals surface area contributed by atoms with Crippen molar-refractivity contribution in [2.45, 2.75) is 51.4 Å². The Bertz CT molecular complexity index is 1430. The molecule has 2 bridgehead atoms. The molecule has 1 aromatic carbocycles. The minimum absolute atomic E-state index is 0.0102. The molecule has 1 amide bonds. The van der Waals surface area contributed by atoms with E-state index in [1.807, 2.05) is 29.8 Å². The number of piperazine rings is 1. The van der Waals surface area contributed by atoms with Crippen LogP contribution in [-0.4, -0.2) is 78.3 Å². The van der Waals surface area contributed by atoms with Crippen LogP contribution < -0.4 is 10.1 Å². The third-order valence-corrected chi connectivity index (χ3v) is 8.15. The molecule has 5 rings (SSSR count). The fourth-order valence-corrected chi connectivity index (χ4v) is 6.51. The molecular formula is C28H30N4O6. The Morgan fingerprint density at radius 3 is 2.55 bits per heavy atom. The Morgan fingerprint density at radius 1 is 1.24 bits per heavy atom. The Morgan fingerprint density at radius 2 is 1.95 bits per heavy atom. The summed E-state index contributed by atoms with van der Waals surface area (Å²) in [5.74, 6) is -0.755. The van der Waals surface area contributed by atoms with Gasteiger partial charge in [-0.25, -0.2) is 0 Å². The van der Waals surface area contributed by atoms with Crippen molar-refractivity contribution in [1.82, 2.24) is 15.1 Å². The second-order valence-corrected chi connectivity index (χ2v) is 10.1. The minimum atomic E-state index is -0.789. The molecule has 1 fully saturated rings. The fourth-order valence-electron chi connectivity index (χ4n) is 6.51. The monoisotopic (exact) mass is 518 g/mol. The van der Waals surface area contributed by atoms with Gasteiger partial charge in [0, 0.05) is 47.5 Å². The number of phenols is 1. The first kappa shape index (κ1) is 25.5. The van der Waals surface area contributed by atoms with Crippen molar-refractivity contribution >= 4 is 17.5 Å². The molecule has 3 heterocycles. The van der Waals surface area contributed by atoms with E-state index in [4.69, 9.17) is 9.47 Å². The molecule has 3 aliphatic heterocycles. The zero-order valence-electron chi connectivity index (χ0n) is 22.2. The Kier molecular flexibility index (Phi) is 6.07. The van der Waals surface area contributed by atoms with Crippen molar-refractivity contribution in [3.05, 3.63) is 57.0 Å². The summed E-state index contributed by atoms with van der Waals surface area (Å²) in [4.78, 5) is 43.0. The van der Waals surface area contributed by atoms with Gasteiger partial charge in [-0.05, 0) is 44.5 Å². The van der Waals surface area contributed by atoms with Crippen molar-refractivity contribution in [2.75, 3.05) is 27.8 Å². The number of carbonyl (C=O) groups is 3. The summed E-state index contributed by atoms with van der Waals surface area (Å²) < 4.78 is 10.8. The van der Waals surface area contributed by atoms with E-state index in [2.05, 4.69) is 11.4 Å². The topological polar surface area (TPSA) is 132 Å². The third-order valence-electron chi connectivity index (χ3n) is 8.15. The van der Waals surface area contributed by atoms with Crippen LogP contribution in [0.25, 0.3) is 0 Å². The minimum Gasteiger partial charge on any atom is -0.504 e. The maximum absolute atomic E-state index is 13.6. The molecule has 1 aliphatic carbocycles. The lowest BCUT2D eigenvalue weighted by Crippen LogP contribution is -2.65. The zero-order chi connectivity index (χ0) is 27.6. The average molecular weight is 519 g/mol. The van der Waals surface area contributed by atoms with Crippen LogP contribution in [0.1, 0.15) is 36.6 Å². The van der Waals surface area contributed by atoms with E-state index in [1.165, 1.54) is 21.1 Å². The lowest BCUT2D eigenvalue weighted by Gasteiger charge is -2.57. The Balaban J connectivity index is 1.79. The molecule has 4 atom stereocenters. The highest BCUT2D eigenvalue weighted by Crippen LogP contribution is 2.53. The van der Waals surface area contributed by atoms with Gasteiger partial charge in [-0.1, -0.05) is 6.07 Å². The van der Waals surface area contributed by atoms with Crippen LogP contribution >= 0.6 is 0 Å². The van der Waals surface area contributed by atoms with Gasteiger partial charge < -0.3 is 24.8 Å². The van der Waals surface area contributed by atoms with Crippen molar-refractivity contribution in [2.24, 2.45) is 0 Å². The predicted octanol–water partition coefficient (Wildman–Crippen LogP) is 1.59. The summed E-state index contributed by atoms with van der Waals surface area (Å²) in [6.07, 6.45) is 2.15. The second-order valence-electron chi connectivity index (χ2n) is 10.1. The largest absolute Gasteiger partial charge is 0.504 e. The van der Waals surface area contributed by atoms with Gasteiger partial charge in [-0.15, -0.1) is 0 Å². The molecule has 1 saturated heterocycles. The first-order valence-corrected chi connectivity index (χ1v) is 12.4. The number of hydrogen-bond acceptors (Lipinski definition) is 9. The van der Waals surface area contributed by atoms with E-state index in [0.29, 0.717) is 23.4 Å². The summed E-state index contributed by atoms with van der Waals surface area (Å²) in [7, 11) is 4.73. The molecule has 2 N–H and O–H groups in total. The number of nitrogens with zero attached hydrogens (tertiary/aromatic N) is 3. The quantitative estimate of drug-likeness (QED) is 0.570.